The summed E-state index contributed by atoms with van der Waals surface area (Å²) < 4.78 is 5.15. The van der Waals surface area contributed by atoms with E-state index in [1.54, 1.807) is 23.5 Å². The molecule has 1 aliphatic rings. The second-order valence-corrected chi connectivity index (χ2v) is 6.10. The molecule has 7 nitrogen and oxygen atoms in total. The summed E-state index contributed by atoms with van der Waals surface area (Å²) in [4.78, 5) is 34.3. The van der Waals surface area contributed by atoms with E-state index in [4.69, 9.17) is 4.74 Å². The van der Waals surface area contributed by atoms with Gasteiger partial charge in [-0.05, 0) is 26.7 Å². The maximum absolute atomic E-state index is 12.4. The van der Waals surface area contributed by atoms with Gasteiger partial charge in [-0.2, -0.15) is 0 Å². The number of carbonyl (C=O) groups is 2. The molecule has 0 bridgehead atoms. The second-order valence-electron chi connectivity index (χ2n) is 6.10. The minimum Gasteiger partial charge on any atom is -0.372 e. The highest BCUT2D eigenvalue weighted by atomic mass is 16.5. The van der Waals surface area contributed by atoms with Crippen molar-refractivity contribution < 1.29 is 14.3 Å². The Morgan fingerprint density at radius 3 is 2.75 bits per heavy atom. The monoisotopic (exact) mass is 334 g/mol. The van der Waals surface area contributed by atoms with Gasteiger partial charge in [-0.1, -0.05) is 0 Å². The van der Waals surface area contributed by atoms with Crippen molar-refractivity contribution in [1.82, 2.24) is 20.2 Å². The molecule has 2 heterocycles. The predicted molar refractivity (Wildman–Crippen MR) is 89.1 cm³/mol. The molecule has 0 aromatic carbocycles. The molecule has 0 saturated carbocycles. The summed E-state index contributed by atoms with van der Waals surface area (Å²) in [5, 5.41) is 3.04. The summed E-state index contributed by atoms with van der Waals surface area (Å²) in [6.45, 7) is 5.72. The Bertz CT molecular complexity index is 530. The number of hydrogen-bond acceptors (Lipinski definition) is 5. The van der Waals surface area contributed by atoms with Crippen LogP contribution in [0.4, 0.5) is 0 Å². The first-order valence-corrected chi connectivity index (χ1v) is 8.51. The van der Waals surface area contributed by atoms with Crippen molar-refractivity contribution in [2.24, 2.45) is 5.92 Å². The van der Waals surface area contributed by atoms with Crippen LogP contribution in [-0.4, -0.2) is 59.0 Å². The molecular formula is C17H26N4O3. The average molecular weight is 334 g/mol. The lowest BCUT2D eigenvalue weighted by Crippen LogP contribution is -2.46. The number of amides is 2. The number of rotatable bonds is 7. The zero-order valence-electron chi connectivity index (χ0n) is 14.4. The lowest BCUT2D eigenvalue weighted by molar-refractivity contribution is -0.139. The number of carbonyl (C=O) groups excluding carboxylic acids is 2. The van der Waals surface area contributed by atoms with Gasteiger partial charge in [0.15, 0.2) is 0 Å². The zero-order valence-corrected chi connectivity index (χ0v) is 14.4. The summed E-state index contributed by atoms with van der Waals surface area (Å²) in [5.41, 5.74) is 0.863. The van der Waals surface area contributed by atoms with Gasteiger partial charge < -0.3 is 15.0 Å². The van der Waals surface area contributed by atoms with Crippen molar-refractivity contribution in [3.05, 3.63) is 24.3 Å². The van der Waals surface area contributed by atoms with E-state index in [0.717, 1.165) is 5.69 Å². The van der Waals surface area contributed by atoms with E-state index in [0.29, 0.717) is 39.0 Å². The third-order valence-corrected chi connectivity index (χ3v) is 4.17. The largest absolute Gasteiger partial charge is 0.372 e. The summed E-state index contributed by atoms with van der Waals surface area (Å²) >= 11 is 0. The van der Waals surface area contributed by atoms with Crippen molar-refractivity contribution in [3.63, 3.8) is 0 Å². The molecule has 1 aromatic heterocycles. The number of nitrogens with one attached hydrogen (secondary N) is 1. The van der Waals surface area contributed by atoms with Crippen LogP contribution in [0.25, 0.3) is 0 Å². The van der Waals surface area contributed by atoms with Crippen molar-refractivity contribution in [1.29, 1.82) is 0 Å². The first-order valence-electron chi connectivity index (χ1n) is 8.51. The minimum absolute atomic E-state index is 0.00623. The second kappa shape index (κ2) is 9.32. The molecule has 1 saturated heterocycles. The molecule has 132 valence electrons. The van der Waals surface area contributed by atoms with E-state index in [1.165, 1.54) is 0 Å². The van der Waals surface area contributed by atoms with Crippen LogP contribution < -0.4 is 5.32 Å². The maximum Gasteiger partial charge on any atom is 0.248 e. The highest BCUT2D eigenvalue weighted by Crippen LogP contribution is 2.18. The van der Waals surface area contributed by atoms with Crippen LogP contribution in [-0.2, 0) is 20.7 Å². The van der Waals surface area contributed by atoms with Crippen molar-refractivity contribution in [2.75, 3.05) is 26.3 Å². The van der Waals surface area contributed by atoms with Crippen molar-refractivity contribution in [3.8, 4) is 0 Å². The van der Waals surface area contributed by atoms with Gasteiger partial charge in [0.1, 0.15) is 6.61 Å². The number of aromatic nitrogens is 2. The normalized spacial score (nSPS) is 16.7. The quantitative estimate of drug-likeness (QED) is 0.797. The Morgan fingerprint density at radius 2 is 2.12 bits per heavy atom. The fraction of sp³-hybridized carbons (Fsp3) is 0.647. The molecule has 1 aromatic rings. The molecular weight excluding hydrogens is 308 g/mol. The number of likely N-dealkylation sites (tertiary alicyclic amines) is 1. The van der Waals surface area contributed by atoms with Gasteiger partial charge in [-0.25, -0.2) is 0 Å². The van der Waals surface area contributed by atoms with E-state index in [9.17, 15) is 9.59 Å². The third-order valence-electron chi connectivity index (χ3n) is 4.17. The topological polar surface area (TPSA) is 84.4 Å². The maximum atomic E-state index is 12.4. The molecule has 2 rings (SSSR count). The molecule has 1 fully saturated rings. The van der Waals surface area contributed by atoms with Crippen LogP contribution in [0.3, 0.4) is 0 Å². The molecule has 1 unspecified atom stereocenters. The number of ether oxygens (including phenoxy) is 1. The van der Waals surface area contributed by atoms with E-state index >= 15 is 0 Å². The Balaban J connectivity index is 1.73. The standard InChI is InChI=1S/C17H26N4O3/c1-3-24-12-16(22)21-8-4-14(5-9-21)17(23)20-13(2)10-15-11-18-6-7-19-15/h6-7,11,13-14H,3-5,8-10,12H2,1-2H3,(H,20,23). The third kappa shape index (κ3) is 5.56. The van der Waals surface area contributed by atoms with E-state index in [-0.39, 0.29) is 30.4 Å². The molecule has 2 amide bonds. The lowest BCUT2D eigenvalue weighted by atomic mass is 9.95. The van der Waals surface area contributed by atoms with Crippen LogP contribution in [0, 0.1) is 5.92 Å². The zero-order chi connectivity index (χ0) is 17.4. The number of hydrogen-bond donors (Lipinski definition) is 1. The van der Waals surface area contributed by atoms with Crippen LogP contribution >= 0.6 is 0 Å². The summed E-state index contributed by atoms with van der Waals surface area (Å²) in [5.74, 6) is 0.0282. The minimum atomic E-state index is -0.0366. The smallest absolute Gasteiger partial charge is 0.248 e. The SMILES string of the molecule is CCOCC(=O)N1CCC(C(=O)NC(C)Cc2cnccn2)CC1. The molecule has 0 spiro atoms. The fourth-order valence-electron chi connectivity index (χ4n) is 2.83. The highest BCUT2D eigenvalue weighted by Gasteiger charge is 2.27. The van der Waals surface area contributed by atoms with Crippen LogP contribution in [0.2, 0.25) is 0 Å². The van der Waals surface area contributed by atoms with Crippen molar-refractivity contribution in [2.45, 2.75) is 39.2 Å². The molecule has 7 heteroatoms. The van der Waals surface area contributed by atoms with Gasteiger partial charge in [-0.15, -0.1) is 0 Å². The van der Waals surface area contributed by atoms with Gasteiger partial charge >= 0.3 is 0 Å². The lowest BCUT2D eigenvalue weighted by Gasteiger charge is -2.31. The molecule has 1 N–H and O–H groups in total. The number of nitrogens with zero attached hydrogens (tertiary/aromatic N) is 3. The fourth-order valence-corrected chi connectivity index (χ4v) is 2.83. The number of piperidine rings is 1. The summed E-state index contributed by atoms with van der Waals surface area (Å²) in [6, 6.07) is 0.00631. The predicted octanol–water partition coefficient (Wildman–Crippen LogP) is 0.799. The average Bonchev–Trinajstić information content (AvgIpc) is 2.60. The van der Waals surface area contributed by atoms with Gasteiger partial charge in [0.25, 0.3) is 0 Å². The Kier molecular flexibility index (Phi) is 7.11. The molecule has 1 atom stereocenters. The van der Waals surface area contributed by atoms with Gasteiger partial charge in [0.05, 0.1) is 5.69 Å². The molecule has 24 heavy (non-hydrogen) atoms. The van der Waals surface area contributed by atoms with E-state index in [2.05, 4.69) is 15.3 Å². The van der Waals surface area contributed by atoms with Gasteiger partial charge in [0, 0.05) is 56.7 Å². The van der Waals surface area contributed by atoms with E-state index < -0.39 is 0 Å². The van der Waals surface area contributed by atoms with E-state index in [1.807, 2.05) is 13.8 Å². The molecule has 0 aliphatic carbocycles. The highest BCUT2D eigenvalue weighted by molar-refractivity contribution is 5.80. The Hall–Kier alpha value is -2.02. The summed E-state index contributed by atoms with van der Waals surface area (Å²) in [7, 11) is 0. The first-order chi connectivity index (χ1) is 11.6. The summed E-state index contributed by atoms with van der Waals surface area (Å²) in [6.07, 6.45) is 7.05. The first kappa shape index (κ1) is 18.3. The molecule has 0 radical (unpaired) electrons. The van der Waals surface area contributed by atoms with Crippen LogP contribution in [0.5, 0.6) is 0 Å². The van der Waals surface area contributed by atoms with Crippen LogP contribution in [0.1, 0.15) is 32.4 Å². The van der Waals surface area contributed by atoms with Gasteiger partial charge in [-0.3, -0.25) is 19.6 Å². The Labute approximate surface area is 142 Å². The Morgan fingerprint density at radius 1 is 1.38 bits per heavy atom. The van der Waals surface area contributed by atoms with Gasteiger partial charge in [0.2, 0.25) is 11.8 Å². The van der Waals surface area contributed by atoms with Crippen LogP contribution in [0.15, 0.2) is 18.6 Å². The van der Waals surface area contributed by atoms with Crippen molar-refractivity contribution >= 4 is 11.8 Å². The molecule has 1 aliphatic heterocycles.